The Hall–Kier alpha value is -3.58. The van der Waals surface area contributed by atoms with Crippen LogP contribution in [-0.4, -0.2) is 48.7 Å². The highest BCUT2D eigenvalue weighted by Gasteiger charge is 2.27. The van der Waals surface area contributed by atoms with Crippen molar-refractivity contribution in [1.82, 2.24) is 4.31 Å². The summed E-state index contributed by atoms with van der Waals surface area (Å²) >= 11 is 0. The Labute approximate surface area is 184 Å². The van der Waals surface area contributed by atoms with E-state index < -0.39 is 37.2 Å². The van der Waals surface area contributed by atoms with Gasteiger partial charge < -0.3 is 10.1 Å². The minimum atomic E-state index is -3.84. The number of hydrogen-bond acceptors (Lipinski definition) is 8. The van der Waals surface area contributed by atoms with E-state index >= 15 is 0 Å². The molecule has 0 aliphatic carbocycles. The standard InChI is InChI=1S/C19H22N4O8S/c1-5-21(6-2)32(29,30)14-7-8-18(31-4)15(11-14)20-19(24)13-9-16(22(25)26)12(3)17(10-13)23(27)28/h7-11H,5-6H2,1-4H3,(H,20,24). The first-order valence-electron chi connectivity index (χ1n) is 9.40. The van der Waals surface area contributed by atoms with Crippen LogP contribution in [0.4, 0.5) is 17.1 Å². The summed E-state index contributed by atoms with van der Waals surface area (Å²) in [6.45, 7) is 5.06. The molecule has 0 aliphatic rings. The number of sulfonamides is 1. The molecule has 0 radical (unpaired) electrons. The van der Waals surface area contributed by atoms with Crippen molar-refractivity contribution in [3.63, 3.8) is 0 Å². The van der Waals surface area contributed by atoms with Gasteiger partial charge in [0, 0.05) is 25.2 Å². The minimum absolute atomic E-state index is 0.0170. The summed E-state index contributed by atoms with van der Waals surface area (Å²) in [6.07, 6.45) is 0. The van der Waals surface area contributed by atoms with E-state index in [2.05, 4.69) is 5.32 Å². The molecule has 2 aromatic carbocycles. The monoisotopic (exact) mass is 466 g/mol. The second-order valence-electron chi connectivity index (χ2n) is 6.56. The number of nitrogens with one attached hydrogen (secondary N) is 1. The van der Waals surface area contributed by atoms with E-state index in [0.717, 1.165) is 12.1 Å². The first-order valence-corrected chi connectivity index (χ1v) is 10.8. The van der Waals surface area contributed by atoms with Crippen molar-refractivity contribution >= 4 is 33.0 Å². The molecule has 12 nitrogen and oxygen atoms in total. The van der Waals surface area contributed by atoms with Gasteiger partial charge in [-0.05, 0) is 25.1 Å². The third-order valence-electron chi connectivity index (χ3n) is 4.77. The quantitative estimate of drug-likeness (QED) is 0.435. The van der Waals surface area contributed by atoms with Crippen molar-refractivity contribution < 1.29 is 27.8 Å². The maximum Gasteiger partial charge on any atom is 0.279 e. The SMILES string of the molecule is CCN(CC)S(=O)(=O)c1ccc(OC)c(NC(=O)c2cc([N+](=O)[O-])c(C)c([N+](=O)[O-])c2)c1. The molecule has 2 rings (SSSR count). The summed E-state index contributed by atoms with van der Waals surface area (Å²) in [5.41, 5.74) is -1.73. The fraction of sp³-hybridized carbons (Fsp3) is 0.316. The molecule has 0 unspecified atom stereocenters. The highest BCUT2D eigenvalue weighted by molar-refractivity contribution is 7.89. The largest absolute Gasteiger partial charge is 0.495 e. The molecule has 0 aromatic heterocycles. The van der Waals surface area contributed by atoms with Crippen LogP contribution in [0.2, 0.25) is 0 Å². The van der Waals surface area contributed by atoms with Gasteiger partial charge in [0.2, 0.25) is 10.0 Å². The predicted molar refractivity (Wildman–Crippen MR) is 116 cm³/mol. The summed E-state index contributed by atoms with van der Waals surface area (Å²) in [5, 5.41) is 25.0. The Bertz CT molecular complexity index is 1140. The molecule has 172 valence electrons. The Morgan fingerprint density at radius 3 is 2.03 bits per heavy atom. The van der Waals surface area contributed by atoms with E-state index in [1.54, 1.807) is 13.8 Å². The molecule has 32 heavy (non-hydrogen) atoms. The molecule has 0 saturated heterocycles. The first-order chi connectivity index (χ1) is 15.0. The van der Waals surface area contributed by atoms with Crippen molar-refractivity contribution in [2.45, 2.75) is 25.7 Å². The third kappa shape index (κ3) is 4.84. The number of methoxy groups -OCH3 is 1. The second-order valence-corrected chi connectivity index (χ2v) is 8.50. The number of nitro groups is 2. The average Bonchev–Trinajstić information content (AvgIpc) is 2.73. The van der Waals surface area contributed by atoms with Gasteiger partial charge in [0.25, 0.3) is 17.3 Å². The molecule has 0 atom stereocenters. The minimum Gasteiger partial charge on any atom is -0.495 e. The molecule has 0 spiro atoms. The molecule has 0 heterocycles. The number of hydrogen-bond donors (Lipinski definition) is 1. The van der Waals surface area contributed by atoms with Gasteiger partial charge in [-0.15, -0.1) is 0 Å². The molecule has 2 aromatic rings. The number of nitrogens with zero attached hydrogens (tertiary/aromatic N) is 3. The van der Waals surface area contributed by atoms with E-state index in [1.165, 1.54) is 36.5 Å². The van der Waals surface area contributed by atoms with Crippen LogP contribution in [0, 0.1) is 27.2 Å². The zero-order valence-corrected chi connectivity index (χ0v) is 18.6. The van der Waals surface area contributed by atoms with Crippen LogP contribution in [0.15, 0.2) is 35.2 Å². The number of anilines is 1. The van der Waals surface area contributed by atoms with Gasteiger partial charge in [0.1, 0.15) is 11.3 Å². The molecule has 0 bridgehead atoms. The van der Waals surface area contributed by atoms with Crippen LogP contribution in [0.3, 0.4) is 0 Å². The predicted octanol–water partition coefficient (Wildman–Crippen LogP) is 3.10. The summed E-state index contributed by atoms with van der Waals surface area (Å²) in [4.78, 5) is 33.6. The van der Waals surface area contributed by atoms with Gasteiger partial charge in [-0.2, -0.15) is 4.31 Å². The third-order valence-corrected chi connectivity index (χ3v) is 6.82. The summed E-state index contributed by atoms with van der Waals surface area (Å²) < 4.78 is 32.0. The average molecular weight is 466 g/mol. The lowest BCUT2D eigenvalue weighted by molar-refractivity contribution is -0.395. The van der Waals surface area contributed by atoms with Gasteiger partial charge >= 0.3 is 0 Å². The maximum absolute atomic E-state index is 12.8. The Morgan fingerprint density at radius 1 is 1.06 bits per heavy atom. The first kappa shape index (κ1) is 24.7. The topological polar surface area (TPSA) is 162 Å². The summed E-state index contributed by atoms with van der Waals surface area (Å²) in [7, 11) is -2.53. The van der Waals surface area contributed by atoms with E-state index in [0.29, 0.717) is 0 Å². The Kier molecular flexibility index (Phi) is 7.48. The van der Waals surface area contributed by atoms with Crippen molar-refractivity contribution in [3.8, 4) is 5.75 Å². The van der Waals surface area contributed by atoms with E-state index in [1.807, 2.05) is 0 Å². The molecule has 0 aliphatic heterocycles. The van der Waals surface area contributed by atoms with E-state index in [-0.39, 0.29) is 40.5 Å². The van der Waals surface area contributed by atoms with Gasteiger partial charge in [-0.25, -0.2) is 8.42 Å². The van der Waals surface area contributed by atoms with Crippen molar-refractivity contribution in [2.24, 2.45) is 0 Å². The van der Waals surface area contributed by atoms with E-state index in [4.69, 9.17) is 4.74 Å². The molecule has 1 amide bonds. The number of carbonyl (C=O) groups excluding carboxylic acids is 1. The zero-order valence-electron chi connectivity index (χ0n) is 17.8. The van der Waals surface area contributed by atoms with Crippen molar-refractivity contribution in [2.75, 3.05) is 25.5 Å². The molecule has 13 heteroatoms. The maximum atomic E-state index is 12.8. The lowest BCUT2D eigenvalue weighted by Gasteiger charge is -2.19. The van der Waals surface area contributed by atoms with Crippen LogP contribution >= 0.6 is 0 Å². The number of rotatable bonds is 9. The fourth-order valence-electron chi connectivity index (χ4n) is 3.05. The van der Waals surface area contributed by atoms with Crippen molar-refractivity contribution in [1.29, 1.82) is 0 Å². The van der Waals surface area contributed by atoms with Crippen LogP contribution in [0.5, 0.6) is 5.75 Å². The second kappa shape index (κ2) is 9.70. The Balaban J connectivity index is 2.54. The molecular weight excluding hydrogens is 444 g/mol. The van der Waals surface area contributed by atoms with Gasteiger partial charge in [0.15, 0.2) is 0 Å². The van der Waals surface area contributed by atoms with Crippen LogP contribution < -0.4 is 10.1 Å². The normalized spacial score (nSPS) is 11.3. The fourth-order valence-corrected chi connectivity index (χ4v) is 4.53. The van der Waals surface area contributed by atoms with Crippen LogP contribution in [0.25, 0.3) is 0 Å². The smallest absolute Gasteiger partial charge is 0.279 e. The zero-order chi connectivity index (χ0) is 24.2. The van der Waals surface area contributed by atoms with E-state index in [9.17, 15) is 33.4 Å². The molecule has 0 saturated carbocycles. The number of amides is 1. The number of ether oxygens (including phenoxy) is 1. The summed E-state index contributed by atoms with van der Waals surface area (Å²) in [6, 6.07) is 5.71. The lowest BCUT2D eigenvalue weighted by atomic mass is 10.1. The van der Waals surface area contributed by atoms with Crippen LogP contribution in [-0.2, 0) is 10.0 Å². The highest BCUT2D eigenvalue weighted by Crippen LogP contribution is 2.32. The number of nitro benzene ring substituents is 2. The molecular formula is C19H22N4O8S. The van der Waals surface area contributed by atoms with Gasteiger partial charge in [0.05, 0.1) is 33.1 Å². The number of benzene rings is 2. The highest BCUT2D eigenvalue weighted by atomic mass is 32.2. The van der Waals surface area contributed by atoms with Gasteiger partial charge in [-0.3, -0.25) is 25.0 Å². The lowest BCUT2D eigenvalue weighted by Crippen LogP contribution is -2.30. The number of carbonyl (C=O) groups is 1. The Morgan fingerprint density at radius 2 is 1.59 bits per heavy atom. The molecule has 1 N–H and O–H groups in total. The summed E-state index contributed by atoms with van der Waals surface area (Å²) in [5.74, 6) is -0.778. The van der Waals surface area contributed by atoms with Crippen LogP contribution in [0.1, 0.15) is 29.8 Å². The van der Waals surface area contributed by atoms with Gasteiger partial charge in [-0.1, -0.05) is 13.8 Å². The molecule has 0 fully saturated rings. The van der Waals surface area contributed by atoms with Crippen molar-refractivity contribution in [3.05, 3.63) is 61.7 Å².